The Balaban J connectivity index is 2.33. The Bertz CT molecular complexity index is 860. The summed E-state index contributed by atoms with van der Waals surface area (Å²) in [4.78, 5) is 15.3. The number of aromatic carboxylic acids is 1. The summed E-state index contributed by atoms with van der Waals surface area (Å²) >= 11 is 0. The molecule has 0 bridgehead atoms. The van der Waals surface area contributed by atoms with E-state index in [0.717, 1.165) is 11.3 Å². The molecule has 0 aliphatic rings. The van der Waals surface area contributed by atoms with Gasteiger partial charge in [0, 0.05) is 18.4 Å². The number of nitrogens with one attached hydrogen (secondary N) is 1. The summed E-state index contributed by atoms with van der Waals surface area (Å²) in [6, 6.07) is 6.17. The predicted molar refractivity (Wildman–Crippen MR) is 85.9 cm³/mol. The molecule has 2 rings (SSSR count). The van der Waals surface area contributed by atoms with Crippen LogP contribution in [0.1, 0.15) is 32.7 Å². The van der Waals surface area contributed by atoms with Gasteiger partial charge in [-0.2, -0.15) is 0 Å². The Morgan fingerprint density at radius 2 is 1.96 bits per heavy atom. The zero-order valence-corrected chi connectivity index (χ0v) is 13.9. The van der Waals surface area contributed by atoms with Gasteiger partial charge in [0.05, 0.1) is 10.5 Å². The maximum Gasteiger partial charge on any atom is 0.336 e. The van der Waals surface area contributed by atoms with Crippen LogP contribution < -0.4 is 4.72 Å². The fraction of sp³-hybridized carbons (Fsp3) is 0.250. The van der Waals surface area contributed by atoms with Crippen molar-refractivity contribution in [3.8, 4) is 0 Å². The molecule has 1 heterocycles. The number of carboxylic acids is 1. The van der Waals surface area contributed by atoms with Gasteiger partial charge in [0.2, 0.25) is 10.0 Å². The molecule has 2 N–H and O–H groups in total. The van der Waals surface area contributed by atoms with Crippen LogP contribution in [0, 0.1) is 20.8 Å². The minimum Gasteiger partial charge on any atom is -0.478 e. The van der Waals surface area contributed by atoms with Gasteiger partial charge >= 0.3 is 5.97 Å². The molecule has 0 radical (unpaired) electrons. The second-order valence-corrected chi connectivity index (χ2v) is 7.06. The lowest BCUT2D eigenvalue weighted by atomic mass is 10.0. The van der Waals surface area contributed by atoms with Crippen molar-refractivity contribution >= 4 is 16.0 Å². The van der Waals surface area contributed by atoms with Gasteiger partial charge in [-0.05, 0) is 55.7 Å². The van der Waals surface area contributed by atoms with E-state index in [0.29, 0.717) is 11.1 Å². The number of aryl methyl sites for hydroxylation is 2. The predicted octanol–water partition coefficient (Wildman–Crippen LogP) is 2.18. The number of sulfonamides is 1. The van der Waals surface area contributed by atoms with Crippen LogP contribution in [-0.2, 0) is 16.6 Å². The van der Waals surface area contributed by atoms with Gasteiger partial charge in [0.25, 0.3) is 0 Å². The number of carbonyl (C=O) groups is 1. The third-order valence-electron chi connectivity index (χ3n) is 3.75. The molecular formula is C16H18N2O4S. The lowest BCUT2D eigenvalue weighted by molar-refractivity contribution is 0.0695. The van der Waals surface area contributed by atoms with Crippen LogP contribution in [0.15, 0.2) is 35.4 Å². The zero-order valence-electron chi connectivity index (χ0n) is 13.1. The fourth-order valence-electron chi connectivity index (χ4n) is 2.16. The number of benzene rings is 1. The van der Waals surface area contributed by atoms with Crippen molar-refractivity contribution < 1.29 is 18.3 Å². The van der Waals surface area contributed by atoms with Crippen molar-refractivity contribution in [2.45, 2.75) is 32.2 Å². The number of carboxylic acid groups (broad SMARTS) is 1. The normalized spacial score (nSPS) is 11.4. The smallest absolute Gasteiger partial charge is 0.336 e. The van der Waals surface area contributed by atoms with E-state index in [1.54, 1.807) is 39.1 Å². The lowest BCUT2D eigenvalue weighted by Crippen LogP contribution is -2.24. The van der Waals surface area contributed by atoms with E-state index >= 15 is 0 Å². The highest BCUT2D eigenvalue weighted by Gasteiger charge is 2.19. The highest BCUT2D eigenvalue weighted by Crippen LogP contribution is 2.20. The first-order chi connectivity index (χ1) is 10.7. The van der Waals surface area contributed by atoms with Gasteiger partial charge < -0.3 is 5.11 Å². The number of rotatable bonds is 5. The first-order valence-electron chi connectivity index (χ1n) is 6.97. The van der Waals surface area contributed by atoms with Gasteiger partial charge in [0.1, 0.15) is 0 Å². The molecule has 122 valence electrons. The maximum absolute atomic E-state index is 12.4. The van der Waals surface area contributed by atoms with Gasteiger partial charge in [-0.25, -0.2) is 17.9 Å². The summed E-state index contributed by atoms with van der Waals surface area (Å²) < 4.78 is 27.3. The molecule has 6 nitrogen and oxygen atoms in total. The van der Waals surface area contributed by atoms with E-state index < -0.39 is 16.0 Å². The number of hydrogen-bond acceptors (Lipinski definition) is 4. The van der Waals surface area contributed by atoms with Crippen molar-refractivity contribution in [3.05, 3.63) is 58.4 Å². The molecule has 1 aromatic carbocycles. The van der Waals surface area contributed by atoms with E-state index in [9.17, 15) is 18.3 Å². The minimum absolute atomic E-state index is 0.0112. The first-order valence-corrected chi connectivity index (χ1v) is 8.45. The molecule has 0 aliphatic carbocycles. The van der Waals surface area contributed by atoms with Crippen LogP contribution in [0.4, 0.5) is 0 Å². The van der Waals surface area contributed by atoms with Crippen molar-refractivity contribution in [2.24, 2.45) is 0 Å². The Hall–Kier alpha value is -2.25. The monoisotopic (exact) mass is 334 g/mol. The van der Waals surface area contributed by atoms with Crippen LogP contribution in [-0.4, -0.2) is 24.5 Å². The van der Waals surface area contributed by atoms with E-state index in [1.807, 2.05) is 0 Å². The molecular weight excluding hydrogens is 316 g/mol. The molecule has 0 spiro atoms. The van der Waals surface area contributed by atoms with E-state index in [1.165, 1.54) is 12.1 Å². The Morgan fingerprint density at radius 1 is 1.26 bits per heavy atom. The van der Waals surface area contributed by atoms with Crippen LogP contribution in [0.3, 0.4) is 0 Å². The number of nitrogens with zero attached hydrogens (tertiary/aromatic N) is 1. The number of hydrogen-bond donors (Lipinski definition) is 2. The van der Waals surface area contributed by atoms with Gasteiger partial charge in [-0.1, -0.05) is 6.07 Å². The van der Waals surface area contributed by atoms with Crippen LogP contribution >= 0.6 is 0 Å². The highest BCUT2D eigenvalue weighted by atomic mass is 32.2. The standard InChI is InChI=1S/C16H18N2O4S/c1-10-7-14(8-15(11(10)2)16(19)20)23(21,22)18-9-13-5-4-6-17-12(13)3/h4-8,18H,9H2,1-3H3,(H,19,20). The van der Waals surface area contributed by atoms with Crippen LogP contribution in [0.25, 0.3) is 0 Å². The topological polar surface area (TPSA) is 96.4 Å². The fourth-order valence-corrected chi connectivity index (χ4v) is 3.28. The maximum atomic E-state index is 12.4. The Labute approximate surface area is 135 Å². The van der Waals surface area contributed by atoms with E-state index in [4.69, 9.17) is 0 Å². The summed E-state index contributed by atoms with van der Waals surface area (Å²) in [6.45, 7) is 5.23. The third-order valence-corrected chi connectivity index (χ3v) is 5.13. The average Bonchev–Trinajstić information content (AvgIpc) is 2.48. The molecule has 1 aromatic heterocycles. The SMILES string of the molecule is Cc1cc(S(=O)(=O)NCc2cccnc2C)cc(C(=O)O)c1C. The molecule has 0 aliphatic heterocycles. The molecule has 0 unspecified atom stereocenters. The molecule has 23 heavy (non-hydrogen) atoms. The van der Waals surface area contributed by atoms with E-state index in [2.05, 4.69) is 9.71 Å². The largest absolute Gasteiger partial charge is 0.478 e. The first kappa shape index (κ1) is 17.1. The lowest BCUT2D eigenvalue weighted by Gasteiger charge is -2.12. The zero-order chi connectivity index (χ0) is 17.2. The second kappa shape index (κ2) is 6.47. The van der Waals surface area contributed by atoms with Crippen molar-refractivity contribution in [1.82, 2.24) is 9.71 Å². The summed E-state index contributed by atoms with van der Waals surface area (Å²) in [5.41, 5.74) is 2.66. The molecule has 0 amide bonds. The van der Waals surface area contributed by atoms with E-state index in [-0.39, 0.29) is 17.0 Å². The highest BCUT2D eigenvalue weighted by molar-refractivity contribution is 7.89. The second-order valence-electron chi connectivity index (χ2n) is 5.29. The molecule has 0 fully saturated rings. The summed E-state index contributed by atoms with van der Waals surface area (Å²) in [6.07, 6.45) is 1.63. The number of aromatic nitrogens is 1. The summed E-state index contributed by atoms with van der Waals surface area (Å²) in [5.74, 6) is -1.15. The molecule has 0 atom stereocenters. The minimum atomic E-state index is -3.81. The van der Waals surface area contributed by atoms with Gasteiger partial charge in [-0.15, -0.1) is 0 Å². The molecule has 7 heteroatoms. The van der Waals surface area contributed by atoms with Gasteiger partial charge in [-0.3, -0.25) is 4.98 Å². The average molecular weight is 334 g/mol. The summed E-state index contributed by atoms with van der Waals surface area (Å²) in [5, 5.41) is 9.20. The third kappa shape index (κ3) is 3.75. The molecule has 0 saturated heterocycles. The van der Waals surface area contributed by atoms with Crippen LogP contribution in [0.2, 0.25) is 0 Å². The Kier molecular flexibility index (Phi) is 4.82. The van der Waals surface area contributed by atoms with Crippen molar-refractivity contribution in [2.75, 3.05) is 0 Å². The summed E-state index contributed by atoms with van der Waals surface area (Å²) in [7, 11) is -3.81. The van der Waals surface area contributed by atoms with Crippen molar-refractivity contribution in [1.29, 1.82) is 0 Å². The Morgan fingerprint density at radius 3 is 2.57 bits per heavy atom. The van der Waals surface area contributed by atoms with Crippen molar-refractivity contribution in [3.63, 3.8) is 0 Å². The molecule has 0 saturated carbocycles. The quantitative estimate of drug-likeness (QED) is 0.873. The molecule has 2 aromatic rings. The van der Waals surface area contributed by atoms with Gasteiger partial charge in [0.15, 0.2) is 0 Å². The number of pyridine rings is 1. The van der Waals surface area contributed by atoms with Crippen LogP contribution in [0.5, 0.6) is 0 Å².